The lowest BCUT2D eigenvalue weighted by Crippen LogP contribution is -2.48. The van der Waals surface area contributed by atoms with Gasteiger partial charge in [0, 0.05) is 43.3 Å². The Labute approximate surface area is 154 Å². The van der Waals surface area contributed by atoms with E-state index in [9.17, 15) is 4.79 Å². The summed E-state index contributed by atoms with van der Waals surface area (Å²) in [5, 5.41) is 3.83. The molecule has 0 spiro atoms. The van der Waals surface area contributed by atoms with Gasteiger partial charge in [-0.2, -0.15) is 0 Å². The van der Waals surface area contributed by atoms with Gasteiger partial charge in [-0.3, -0.25) is 9.69 Å². The van der Waals surface area contributed by atoms with E-state index in [0.717, 1.165) is 36.8 Å². The Morgan fingerprint density at radius 3 is 2.36 bits per heavy atom. The van der Waals surface area contributed by atoms with Crippen LogP contribution in [0.15, 0.2) is 54.6 Å². The van der Waals surface area contributed by atoms with Crippen LogP contribution < -0.4 is 5.32 Å². The molecule has 2 aromatic rings. The second-order valence-electron chi connectivity index (χ2n) is 6.45. The molecule has 0 bridgehead atoms. The van der Waals surface area contributed by atoms with Gasteiger partial charge in [0.2, 0.25) is 0 Å². The summed E-state index contributed by atoms with van der Waals surface area (Å²) in [5.41, 5.74) is 1.75. The highest BCUT2D eigenvalue weighted by molar-refractivity contribution is 6.31. The molecule has 4 nitrogen and oxygen atoms in total. The van der Waals surface area contributed by atoms with E-state index in [1.54, 1.807) is 0 Å². The van der Waals surface area contributed by atoms with E-state index in [4.69, 9.17) is 11.6 Å². The molecule has 1 aliphatic rings. The van der Waals surface area contributed by atoms with Crippen LogP contribution in [0.4, 0.5) is 0 Å². The van der Waals surface area contributed by atoms with Gasteiger partial charge in [0.25, 0.3) is 5.91 Å². The molecule has 1 aliphatic heterocycles. The number of piperazine rings is 1. The van der Waals surface area contributed by atoms with Gasteiger partial charge < -0.3 is 10.2 Å². The van der Waals surface area contributed by atoms with E-state index in [0.29, 0.717) is 12.1 Å². The van der Waals surface area contributed by atoms with Gasteiger partial charge in [0.1, 0.15) is 0 Å². The zero-order valence-electron chi connectivity index (χ0n) is 14.5. The zero-order chi connectivity index (χ0) is 17.6. The highest BCUT2D eigenvalue weighted by Gasteiger charge is 2.25. The fourth-order valence-corrected chi connectivity index (χ4v) is 3.46. The Hall–Kier alpha value is -1.88. The lowest BCUT2D eigenvalue weighted by atomic mass is 10.0. The highest BCUT2D eigenvalue weighted by Crippen LogP contribution is 2.28. The van der Waals surface area contributed by atoms with Crippen LogP contribution in [-0.2, 0) is 0 Å². The van der Waals surface area contributed by atoms with E-state index >= 15 is 0 Å². The molecule has 1 atom stereocenters. The molecular formula is C20H24ClN3O. The maximum absolute atomic E-state index is 12.4. The van der Waals surface area contributed by atoms with E-state index in [2.05, 4.69) is 28.2 Å². The second kappa shape index (κ2) is 8.48. The molecule has 0 radical (unpaired) electrons. The van der Waals surface area contributed by atoms with Gasteiger partial charge in [-0.15, -0.1) is 0 Å². The van der Waals surface area contributed by atoms with Crippen molar-refractivity contribution >= 4 is 17.5 Å². The van der Waals surface area contributed by atoms with E-state index in [1.807, 2.05) is 48.5 Å². The van der Waals surface area contributed by atoms with Crippen molar-refractivity contribution in [3.05, 3.63) is 70.7 Å². The van der Waals surface area contributed by atoms with Gasteiger partial charge in [0.15, 0.2) is 0 Å². The van der Waals surface area contributed by atoms with Crippen LogP contribution in [0.25, 0.3) is 0 Å². The molecular weight excluding hydrogens is 334 g/mol. The number of carbonyl (C=O) groups excluding carboxylic acids is 1. The summed E-state index contributed by atoms with van der Waals surface area (Å²) >= 11 is 6.45. The molecule has 2 aromatic carbocycles. The van der Waals surface area contributed by atoms with Gasteiger partial charge in [-0.25, -0.2) is 0 Å². The van der Waals surface area contributed by atoms with Crippen LogP contribution in [-0.4, -0.2) is 55.5 Å². The third-order valence-electron chi connectivity index (χ3n) is 4.73. The molecule has 1 amide bonds. The topological polar surface area (TPSA) is 35.6 Å². The molecule has 1 unspecified atom stereocenters. The van der Waals surface area contributed by atoms with Crippen molar-refractivity contribution in [2.24, 2.45) is 0 Å². The largest absolute Gasteiger partial charge is 0.350 e. The van der Waals surface area contributed by atoms with Crippen molar-refractivity contribution in [1.82, 2.24) is 15.1 Å². The third kappa shape index (κ3) is 4.60. The number of nitrogens with zero attached hydrogens (tertiary/aromatic N) is 2. The molecule has 1 saturated heterocycles. The first-order valence-corrected chi connectivity index (χ1v) is 9.03. The van der Waals surface area contributed by atoms with Crippen LogP contribution in [0, 0.1) is 0 Å². The molecule has 1 N–H and O–H groups in total. The number of hydrogen-bond acceptors (Lipinski definition) is 3. The minimum atomic E-state index is -0.0493. The highest BCUT2D eigenvalue weighted by atomic mass is 35.5. The summed E-state index contributed by atoms with van der Waals surface area (Å²) < 4.78 is 0. The molecule has 5 heteroatoms. The molecule has 1 fully saturated rings. The van der Waals surface area contributed by atoms with Crippen molar-refractivity contribution in [2.75, 3.05) is 39.8 Å². The predicted molar refractivity (Wildman–Crippen MR) is 102 cm³/mol. The number of amides is 1. The molecule has 1 heterocycles. The van der Waals surface area contributed by atoms with Gasteiger partial charge >= 0.3 is 0 Å². The maximum Gasteiger partial charge on any atom is 0.251 e. The summed E-state index contributed by atoms with van der Waals surface area (Å²) in [4.78, 5) is 17.2. The van der Waals surface area contributed by atoms with Gasteiger partial charge in [-0.05, 0) is 30.8 Å². The summed E-state index contributed by atoms with van der Waals surface area (Å²) in [6.07, 6.45) is 0. The number of likely N-dealkylation sites (N-methyl/N-ethyl adjacent to an activating group) is 1. The summed E-state index contributed by atoms with van der Waals surface area (Å²) in [5.74, 6) is -0.0493. The Morgan fingerprint density at radius 2 is 1.68 bits per heavy atom. The number of benzene rings is 2. The van der Waals surface area contributed by atoms with E-state index < -0.39 is 0 Å². The Morgan fingerprint density at radius 1 is 1.04 bits per heavy atom. The number of nitrogens with one attached hydrogen (secondary N) is 1. The van der Waals surface area contributed by atoms with Crippen LogP contribution in [0.1, 0.15) is 22.0 Å². The third-order valence-corrected chi connectivity index (χ3v) is 5.08. The van der Waals surface area contributed by atoms with Crippen molar-refractivity contribution in [3.8, 4) is 0 Å². The quantitative estimate of drug-likeness (QED) is 0.893. The van der Waals surface area contributed by atoms with Crippen LogP contribution >= 0.6 is 11.6 Å². The first kappa shape index (κ1) is 17.9. The minimum Gasteiger partial charge on any atom is -0.350 e. The standard InChI is InChI=1S/C20H24ClN3O/c1-23-11-13-24(14-12-23)19(17-9-5-6-10-18(17)21)15-22-20(25)16-7-3-2-4-8-16/h2-10,19H,11-15H2,1H3,(H,22,25). The molecule has 0 aliphatic carbocycles. The number of hydrogen-bond donors (Lipinski definition) is 1. The second-order valence-corrected chi connectivity index (χ2v) is 6.86. The number of halogens is 1. The van der Waals surface area contributed by atoms with E-state index in [-0.39, 0.29) is 11.9 Å². The summed E-state index contributed by atoms with van der Waals surface area (Å²) in [6.45, 7) is 4.52. The average molecular weight is 358 g/mol. The van der Waals surface area contributed by atoms with Gasteiger partial charge in [0.05, 0.1) is 6.04 Å². The van der Waals surface area contributed by atoms with Crippen molar-refractivity contribution in [2.45, 2.75) is 6.04 Å². The van der Waals surface area contributed by atoms with Crippen LogP contribution in [0.3, 0.4) is 0 Å². The fraction of sp³-hybridized carbons (Fsp3) is 0.350. The van der Waals surface area contributed by atoms with E-state index in [1.165, 1.54) is 0 Å². The zero-order valence-corrected chi connectivity index (χ0v) is 15.2. The lowest BCUT2D eigenvalue weighted by molar-refractivity contribution is 0.0886. The maximum atomic E-state index is 12.4. The summed E-state index contributed by atoms with van der Waals surface area (Å²) in [7, 11) is 2.14. The van der Waals surface area contributed by atoms with Crippen molar-refractivity contribution in [1.29, 1.82) is 0 Å². The monoisotopic (exact) mass is 357 g/mol. The first-order chi connectivity index (χ1) is 12.1. The molecule has 132 valence electrons. The lowest BCUT2D eigenvalue weighted by Gasteiger charge is -2.38. The van der Waals surface area contributed by atoms with Crippen LogP contribution in [0.2, 0.25) is 5.02 Å². The Balaban J connectivity index is 1.75. The molecule has 0 saturated carbocycles. The minimum absolute atomic E-state index is 0.0493. The normalized spacial score (nSPS) is 17.2. The van der Waals surface area contributed by atoms with Crippen molar-refractivity contribution < 1.29 is 4.79 Å². The fourth-order valence-electron chi connectivity index (χ4n) is 3.20. The number of rotatable bonds is 5. The Kier molecular flexibility index (Phi) is 6.08. The van der Waals surface area contributed by atoms with Crippen LogP contribution in [0.5, 0.6) is 0 Å². The van der Waals surface area contributed by atoms with Gasteiger partial charge in [-0.1, -0.05) is 48.0 Å². The molecule has 25 heavy (non-hydrogen) atoms. The molecule has 0 aromatic heterocycles. The smallest absolute Gasteiger partial charge is 0.251 e. The predicted octanol–water partition coefficient (Wildman–Crippen LogP) is 3.06. The Bertz CT molecular complexity index is 699. The first-order valence-electron chi connectivity index (χ1n) is 8.65. The summed E-state index contributed by atoms with van der Waals surface area (Å²) in [6, 6.07) is 17.3. The average Bonchev–Trinajstić information content (AvgIpc) is 2.65. The molecule has 3 rings (SSSR count). The van der Waals surface area contributed by atoms with Crippen molar-refractivity contribution in [3.63, 3.8) is 0 Å². The number of carbonyl (C=O) groups is 1. The SMILES string of the molecule is CN1CCN(C(CNC(=O)c2ccccc2)c2ccccc2Cl)CC1.